The average molecular weight is 194 g/mol. The molecule has 0 amide bonds. The second-order valence-electron chi connectivity index (χ2n) is 4.35. The van der Waals surface area contributed by atoms with Crippen LogP contribution in [0, 0.1) is 11.8 Å². The number of Topliss-reactive ketones (excluding diaryl/α,β-unsaturated/α-hetero) is 1. The SMILES string of the molecule is C=C(C)/C=C\[C@H](CCC(C)=O)C(C)C. The van der Waals surface area contributed by atoms with E-state index in [0.29, 0.717) is 18.3 Å². The predicted molar refractivity (Wildman–Crippen MR) is 62.2 cm³/mol. The van der Waals surface area contributed by atoms with Gasteiger partial charge < -0.3 is 4.79 Å². The van der Waals surface area contributed by atoms with Crippen LogP contribution in [0.2, 0.25) is 0 Å². The highest BCUT2D eigenvalue weighted by molar-refractivity contribution is 5.75. The zero-order chi connectivity index (χ0) is 11.1. The number of rotatable bonds is 6. The summed E-state index contributed by atoms with van der Waals surface area (Å²) in [5, 5.41) is 0. The van der Waals surface area contributed by atoms with Crippen molar-refractivity contribution in [3.05, 3.63) is 24.3 Å². The van der Waals surface area contributed by atoms with Crippen LogP contribution in [0.3, 0.4) is 0 Å². The summed E-state index contributed by atoms with van der Waals surface area (Å²) < 4.78 is 0. The van der Waals surface area contributed by atoms with E-state index in [1.54, 1.807) is 6.92 Å². The van der Waals surface area contributed by atoms with E-state index in [-0.39, 0.29) is 5.78 Å². The van der Waals surface area contributed by atoms with Gasteiger partial charge in [-0.05, 0) is 32.1 Å². The van der Waals surface area contributed by atoms with E-state index in [9.17, 15) is 4.79 Å². The molecule has 0 aromatic rings. The quantitative estimate of drug-likeness (QED) is 0.588. The summed E-state index contributed by atoms with van der Waals surface area (Å²) in [6, 6.07) is 0. The van der Waals surface area contributed by atoms with E-state index >= 15 is 0 Å². The molecule has 0 saturated heterocycles. The number of carbonyl (C=O) groups excluding carboxylic acids is 1. The van der Waals surface area contributed by atoms with Crippen molar-refractivity contribution in [3.63, 3.8) is 0 Å². The van der Waals surface area contributed by atoms with Gasteiger partial charge in [-0.3, -0.25) is 0 Å². The lowest BCUT2D eigenvalue weighted by Crippen LogP contribution is -2.07. The molecular formula is C13H22O. The molecule has 0 heterocycles. The van der Waals surface area contributed by atoms with Crippen LogP contribution in [0.15, 0.2) is 24.3 Å². The lowest BCUT2D eigenvalue weighted by Gasteiger charge is -2.15. The summed E-state index contributed by atoms with van der Waals surface area (Å²) in [5.41, 5.74) is 1.07. The van der Waals surface area contributed by atoms with Crippen LogP contribution < -0.4 is 0 Å². The number of hydrogen-bond donors (Lipinski definition) is 0. The van der Waals surface area contributed by atoms with Crippen LogP contribution in [-0.2, 0) is 4.79 Å². The van der Waals surface area contributed by atoms with Crippen LogP contribution in [-0.4, -0.2) is 5.78 Å². The first-order valence-electron chi connectivity index (χ1n) is 5.26. The maximum absolute atomic E-state index is 10.9. The Hall–Kier alpha value is -0.850. The van der Waals surface area contributed by atoms with Gasteiger partial charge in [0.2, 0.25) is 0 Å². The zero-order valence-corrected chi connectivity index (χ0v) is 9.84. The highest BCUT2D eigenvalue weighted by atomic mass is 16.1. The molecule has 0 aliphatic heterocycles. The predicted octanol–water partition coefficient (Wildman–Crippen LogP) is 3.76. The van der Waals surface area contributed by atoms with Crippen molar-refractivity contribution >= 4 is 5.78 Å². The molecule has 14 heavy (non-hydrogen) atoms. The minimum Gasteiger partial charge on any atom is -0.300 e. The third kappa shape index (κ3) is 6.64. The van der Waals surface area contributed by atoms with Crippen molar-refractivity contribution in [1.29, 1.82) is 0 Å². The van der Waals surface area contributed by atoms with Crippen molar-refractivity contribution < 1.29 is 4.79 Å². The summed E-state index contributed by atoms with van der Waals surface area (Å²) in [6.45, 7) is 11.8. The van der Waals surface area contributed by atoms with Crippen LogP contribution in [0.25, 0.3) is 0 Å². The molecule has 0 aliphatic carbocycles. The van der Waals surface area contributed by atoms with Crippen molar-refractivity contribution in [1.82, 2.24) is 0 Å². The highest BCUT2D eigenvalue weighted by Crippen LogP contribution is 2.19. The molecule has 1 atom stereocenters. The largest absolute Gasteiger partial charge is 0.300 e. The third-order valence-corrected chi connectivity index (χ3v) is 2.31. The number of ketones is 1. The highest BCUT2D eigenvalue weighted by Gasteiger charge is 2.10. The number of carbonyl (C=O) groups is 1. The van der Waals surface area contributed by atoms with Crippen LogP contribution >= 0.6 is 0 Å². The van der Waals surface area contributed by atoms with Gasteiger partial charge in [0.1, 0.15) is 5.78 Å². The van der Waals surface area contributed by atoms with E-state index in [4.69, 9.17) is 0 Å². The van der Waals surface area contributed by atoms with Gasteiger partial charge in [-0.25, -0.2) is 0 Å². The molecule has 80 valence electrons. The minimum absolute atomic E-state index is 0.277. The van der Waals surface area contributed by atoms with Gasteiger partial charge in [-0.1, -0.05) is 38.2 Å². The zero-order valence-electron chi connectivity index (χ0n) is 9.84. The molecule has 1 nitrogen and oxygen atoms in total. The molecule has 0 spiro atoms. The second kappa shape index (κ2) is 6.58. The molecule has 0 aromatic heterocycles. The van der Waals surface area contributed by atoms with E-state index in [1.165, 1.54) is 0 Å². The van der Waals surface area contributed by atoms with Crippen LogP contribution in [0.4, 0.5) is 0 Å². The fourth-order valence-electron chi connectivity index (χ4n) is 1.31. The van der Waals surface area contributed by atoms with Gasteiger partial charge in [-0.2, -0.15) is 0 Å². The Kier molecular flexibility index (Phi) is 6.18. The Morgan fingerprint density at radius 1 is 1.36 bits per heavy atom. The summed E-state index contributed by atoms with van der Waals surface area (Å²) in [6.07, 6.45) is 5.86. The first kappa shape index (κ1) is 13.2. The smallest absolute Gasteiger partial charge is 0.129 e. The summed E-state index contributed by atoms with van der Waals surface area (Å²) >= 11 is 0. The Bertz CT molecular complexity index is 223. The monoisotopic (exact) mass is 194 g/mol. The summed E-state index contributed by atoms with van der Waals surface area (Å²) in [7, 11) is 0. The lowest BCUT2D eigenvalue weighted by molar-refractivity contribution is -0.117. The minimum atomic E-state index is 0.277. The molecule has 1 heteroatoms. The summed E-state index contributed by atoms with van der Waals surface area (Å²) in [5.74, 6) is 1.36. The Labute approximate surface area is 87.9 Å². The molecule has 0 unspecified atom stereocenters. The first-order valence-corrected chi connectivity index (χ1v) is 5.26. The second-order valence-corrected chi connectivity index (χ2v) is 4.35. The maximum atomic E-state index is 10.9. The van der Waals surface area contributed by atoms with Crippen molar-refractivity contribution in [2.75, 3.05) is 0 Å². The van der Waals surface area contributed by atoms with Crippen molar-refractivity contribution in [2.24, 2.45) is 11.8 Å². The normalized spacial score (nSPS) is 13.5. The van der Waals surface area contributed by atoms with E-state index < -0.39 is 0 Å². The summed E-state index contributed by atoms with van der Waals surface area (Å²) in [4.78, 5) is 10.9. The Balaban J connectivity index is 4.16. The van der Waals surface area contributed by atoms with Crippen LogP contribution in [0.5, 0.6) is 0 Å². The van der Waals surface area contributed by atoms with Crippen molar-refractivity contribution in [3.8, 4) is 0 Å². The third-order valence-electron chi connectivity index (χ3n) is 2.31. The average Bonchev–Trinajstić information content (AvgIpc) is 2.02. The maximum Gasteiger partial charge on any atom is 0.129 e. The van der Waals surface area contributed by atoms with E-state index in [1.807, 2.05) is 13.0 Å². The van der Waals surface area contributed by atoms with Gasteiger partial charge in [0, 0.05) is 6.42 Å². The van der Waals surface area contributed by atoms with E-state index in [0.717, 1.165) is 12.0 Å². The molecule has 0 aromatic carbocycles. The number of allylic oxidation sites excluding steroid dienone is 3. The lowest BCUT2D eigenvalue weighted by atomic mass is 9.90. The molecule has 0 saturated carbocycles. The van der Waals surface area contributed by atoms with Crippen LogP contribution in [0.1, 0.15) is 40.5 Å². The standard InChI is InChI=1S/C13H22O/c1-10(2)6-8-13(11(3)4)9-7-12(5)14/h6,8,11,13H,1,7,9H2,2-5H3/b8-6-/t13-/m1/s1. The first-order chi connectivity index (χ1) is 6.43. The van der Waals surface area contributed by atoms with Crippen molar-refractivity contribution in [2.45, 2.75) is 40.5 Å². The topological polar surface area (TPSA) is 17.1 Å². The Morgan fingerprint density at radius 2 is 1.93 bits per heavy atom. The molecule has 0 rings (SSSR count). The van der Waals surface area contributed by atoms with Gasteiger partial charge in [0.05, 0.1) is 0 Å². The fourth-order valence-corrected chi connectivity index (χ4v) is 1.31. The molecule has 0 radical (unpaired) electrons. The molecule has 0 N–H and O–H groups in total. The molecule has 0 bridgehead atoms. The number of hydrogen-bond acceptors (Lipinski definition) is 1. The van der Waals surface area contributed by atoms with Gasteiger partial charge in [-0.15, -0.1) is 0 Å². The Morgan fingerprint density at radius 3 is 2.29 bits per heavy atom. The fraction of sp³-hybridized carbons (Fsp3) is 0.615. The molecular weight excluding hydrogens is 172 g/mol. The van der Waals surface area contributed by atoms with Gasteiger partial charge >= 0.3 is 0 Å². The van der Waals surface area contributed by atoms with Gasteiger partial charge in [0.25, 0.3) is 0 Å². The molecule has 0 fully saturated rings. The molecule has 0 aliphatic rings. The van der Waals surface area contributed by atoms with Gasteiger partial charge in [0.15, 0.2) is 0 Å². The van der Waals surface area contributed by atoms with E-state index in [2.05, 4.69) is 26.5 Å².